The molecule has 3 fully saturated rings. The van der Waals surface area contributed by atoms with Crippen LogP contribution in [0.2, 0.25) is 0 Å². The zero-order valence-corrected chi connectivity index (χ0v) is 22.8. The summed E-state index contributed by atoms with van der Waals surface area (Å²) >= 11 is 0. The van der Waals surface area contributed by atoms with Crippen molar-refractivity contribution in [3.05, 3.63) is 66.3 Å². The number of nitrogens with one attached hydrogen (secondary N) is 1. The second kappa shape index (κ2) is 11.2. The summed E-state index contributed by atoms with van der Waals surface area (Å²) in [6, 6.07) is 13.3. The normalized spacial score (nSPS) is 21.2. The monoisotopic (exact) mass is 537 g/mol. The smallest absolute Gasteiger partial charge is 0.169 e. The van der Waals surface area contributed by atoms with Gasteiger partial charge in [-0.2, -0.15) is 0 Å². The first kappa shape index (κ1) is 26.1. The number of phenols is 1. The molecule has 0 bridgehead atoms. The van der Waals surface area contributed by atoms with Crippen LogP contribution in [0.15, 0.2) is 60.6 Å². The van der Waals surface area contributed by atoms with Gasteiger partial charge in [0.05, 0.1) is 24.5 Å². The number of allylic oxidation sites excluding steroid dienone is 1. The zero-order valence-electron chi connectivity index (χ0n) is 22.8. The Hall–Kier alpha value is -4.13. The predicted octanol–water partition coefficient (Wildman–Crippen LogP) is 4.23. The lowest BCUT2D eigenvalue weighted by Crippen LogP contribution is -2.59. The van der Waals surface area contributed by atoms with Gasteiger partial charge in [0.2, 0.25) is 0 Å². The van der Waals surface area contributed by atoms with Crippen molar-refractivity contribution in [2.45, 2.75) is 38.6 Å². The number of ether oxygens (including phenoxy) is 1. The molecular formula is C31H35N7O2. The average molecular weight is 538 g/mol. The fraction of sp³-hybridized carbons (Fsp3) is 0.387. The van der Waals surface area contributed by atoms with E-state index >= 15 is 0 Å². The molecule has 1 unspecified atom stereocenters. The number of aromatic nitrogens is 3. The van der Waals surface area contributed by atoms with Gasteiger partial charge in [0, 0.05) is 60.5 Å². The van der Waals surface area contributed by atoms with E-state index in [-0.39, 0.29) is 5.75 Å². The first-order valence-electron chi connectivity index (χ1n) is 13.9. The summed E-state index contributed by atoms with van der Waals surface area (Å²) in [7, 11) is 0. The van der Waals surface area contributed by atoms with Crippen LogP contribution in [0, 0.1) is 17.3 Å². The lowest BCUT2D eigenvalue weighted by Gasteiger charge is -2.51. The maximum absolute atomic E-state index is 10.2. The van der Waals surface area contributed by atoms with E-state index in [0.29, 0.717) is 34.2 Å². The Balaban J connectivity index is 1.14. The highest BCUT2D eigenvalue weighted by Crippen LogP contribution is 2.38. The van der Waals surface area contributed by atoms with Gasteiger partial charge >= 0.3 is 0 Å². The topological polar surface area (TPSA) is 113 Å². The summed E-state index contributed by atoms with van der Waals surface area (Å²) < 4.78 is 5.70. The minimum absolute atomic E-state index is 0.144. The molecule has 9 heteroatoms. The second-order valence-corrected chi connectivity index (χ2v) is 11.1. The van der Waals surface area contributed by atoms with Gasteiger partial charge in [-0.25, -0.2) is 4.98 Å². The summed E-state index contributed by atoms with van der Waals surface area (Å²) in [6.07, 6.45) is 8.19. The van der Waals surface area contributed by atoms with Gasteiger partial charge in [-0.15, -0.1) is 10.2 Å². The fourth-order valence-electron chi connectivity index (χ4n) is 6.00. The van der Waals surface area contributed by atoms with Gasteiger partial charge in [-0.05, 0) is 68.9 Å². The maximum Gasteiger partial charge on any atom is 0.169 e. The summed E-state index contributed by atoms with van der Waals surface area (Å²) in [5.74, 6) is 7.03. The molecule has 1 aromatic carbocycles. The minimum atomic E-state index is 0.144. The number of phenolic OH excluding ortho intramolecular Hbond substituents is 1. The first-order chi connectivity index (χ1) is 19.5. The number of nitrogen functional groups attached to an aromatic ring is 1. The number of anilines is 3. The van der Waals surface area contributed by atoms with Gasteiger partial charge < -0.3 is 25.8 Å². The van der Waals surface area contributed by atoms with E-state index in [4.69, 9.17) is 10.5 Å². The van der Waals surface area contributed by atoms with Crippen LogP contribution in [0.1, 0.15) is 38.3 Å². The molecule has 1 atom stereocenters. The minimum Gasteiger partial charge on any atom is -0.507 e. The fourth-order valence-corrected chi connectivity index (χ4v) is 6.00. The third-order valence-corrected chi connectivity index (χ3v) is 8.03. The molecule has 0 saturated carbocycles. The summed E-state index contributed by atoms with van der Waals surface area (Å²) in [4.78, 5) is 9.22. The zero-order chi connectivity index (χ0) is 27.5. The Morgan fingerprint density at radius 3 is 2.92 bits per heavy atom. The van der Waals surface area contributed by atoms with Crippen molar-refractivity contribution in [3.8, 4) is 28.8 Å². The summed E-state index contributed by atoms with van der Waals surface area (Å²) in [6.45, 7) is 6.93. The van der Waals surface area contributed by atoms with Crippen molar-refractivity contribution < 1.29 is 9.84 Å². The van der Waals surface area contributed by atoms with Gasteiger partial charge in [0.1, 0.15) is 11.4 Å². The summed E-state index contributed by atoms with van der Waals surface area (Å²) in [5.41, 5.74) is 11.2. The summed E-state index contributed by atoms with van der Waals surface area (Å²) in [5, 5.41) is 21.8. The predicted molar refractivity (Wildman–Crippen MR) is 156 cm³/mol. The number of hydrogen-bond donors (Lipinski definition) is 3. The highest BCUT2D eigenvalue weighted by atomic mass is 16.5. The average Bonchev–Trinajstić information content (AvgIpc) is 3.33. The van der Waals surface area contributed by atoms with Crippen molar-refractivity contribution in [3.63, 3.8) is 0 Å². The number of hydrogen-bond acceptors (Lipinski definition) is 9. The number of pyridine rings is 1. The van der Waals surface area contributed by atoms with Crippen molar-refractivity contribution >= 4 is 17.2 Å². The van der Waals surface area contributed by atoms with Crippen LogP contribution in [0.25, 0.3) is 11.3 Å². The molecule has 5 heterocycles. The van der Waals surface area contributed by atoms with Crippen LogP contribution in [-0.2, 0) is 4.74 Å². The van der Waals surface area contributed by atoms with Crippen LogP contribution in [-0.4, -0.2) is 64.1 Å². The molecule has 3 aromatic rings. The number of aromatic hydroxyl groups is 1. The van der Waals surface area contributed by atoms with E-state index in [1.165, 1.54) is 12.8 Å². The molecule has 0 radical (unpaired) electrons. The van der Waals surface area contributed by atoms with Crippen LogP contribution in [0.4, 0.5) is 17.2 Å². The molecule has 3 aliphatic heterocycles. The third-order valence-electron chi connectivity index (χ3n) is 8.03. The van der Waals surface area contributed by atoms with E-state index in [0.717, 1.165) is 62.8 Å². The number of benzene rings is 1. The highest BCUT2D eigenvalue weighted by molar-refractivity contribution is 5.74. The lowest BCUT2D eigenvalue weighted by atomic mass is 9.75. The van der Waals surface area contributed by atoms with Crippen LogP contribution in [0.3, 0.4) is 0 Å². The molecule has 2 aromatic heterocycles. The molecule has 40 heavy (non-hydrogen) atoms. The van der Waals surface area contributed by atoms with Crippen molar-refractivity contribution in [2.24, 2.45) is 5.41 Å². The molecule has 6 rings (SSSR count). The van der Waals surface area contributed by atoms with Crippen molar-refractivity contribution in [1.82, 2.24) is 20.1 Å². The molecule has 0 aliphatic carbocycles. The first-order valence-corrected chi connectivity index (χ1v) is 13.9. The molecule has 206 valence electrons. The molecule has 3 saturated heterocycles. The number of nitrogens with zero attached hydrogens (tertiary/aromatic N) is 5. The lowest BCUT2D eigenvalue weighted by molar-refractivity contribution is -0.0956. The number of nitrogens with two attached hydrogens (primary N) is 1. The Bertz CT molecular complexity index is 1460. The molecular weight excluding hydrogens is 502 g/mol. The maximum atomic E-state index is 10.2. The quantitative estimate of drug-likeness (QED) is 0.412. The standard InChI is InChI=1S/C31H35N7O2/c1-22-9-10-25(18-34-28-17-27(35-36-30(28)32)26-7-2-3-8-29(26)39)38(22)24-11-13-33-23(16-24)6-4-14-37-19-31(20-37)12-5-15-40-21-31/h2-3,7-8,11,13,16-18,22,39H,5,9-10,12,14-15,19-21H2,1H3,(H2,32,36)(H,34,35)/b25-18+. The molecule has 1 spiro atoms. The van der Waals surface area contributed by atoms with E-state index in [1.807, 2.05) is 24.5 Å². The van der Waals surface area contributed by atoms with Gasteiger partial charge in [-0.1, -0.05) is 18.1 Å². The van der Waals surface area contributed by atoms with Crippen LogP contribution in [0.5, 0.6) is 5.75 Å². The number of likely N-dealkylation sites (tertiary alicyclic amines) is 1. The highest BCUT2D eigenvalue weighted by Gasteiger charge is 2.43. The third kappa shape index (κ3) is 5.46. The Kier molecular flexibility index (Phi) is 7.29. The molecule has 3 aliphatic rings. The van der Waals surface area contributed by atoms with Crippen LogP contribution >= 0.6 is 0 Å². The Labute approximate surface area is 235 Å². The van der Waals surface area contributed by atoms with Crippen LogP contribution < -0.4 is 16.0 Å². The molecule has 4 N–H and O–H groups in total. The van der Waals surface area contributed by atoms with Crippen molar-refractivity contribution in [1.29, 1.82) is 0 Å². The van der Waals surface area contributed by atoms with E-state index < -0.39 is 0 Å². The second-order valence-electron chi connectivity index (χ2n) is 11.1. The van der Waals surface area contributed by atoms with E-state index in [9.17, 15) is 5.11 Å². The van der Waals surface area contributed by atoms with Gasteiger partial charge in [0.25, 0.3) is 0 Å². The SMILES string of the molecule is CC1CC/C(=C\Nc2cc(-c3ccccc3O)nnc2N)N1c1ccnc(C#CCN2CC3(CCCOC3)C2)c1. The van der Waals surface area contributed by atoms with Gasteiger partial charge in [-0.3, -0.25) is 4.90 Å². The van der Waals surface area contributed by atoms with Gasteiger partial charge in [0.15, 0.2) is 5.82 Å². The Morgan fingerprint density at radius 2 is 2.10 bits per heavy atom. The largest absolute Gasteiger partial charge is 0.507 e. The van der Waals surface area contributed by atoms with E-state index in [1.54, 1.807) is 24.3 Å². The Morgan fingerprint density at radius 1 is 1.23 bits per heavy atom. The van der Waals surface area contributed by atoms with Crippen molar-refractivity contribution in [2.75, 3.05) is 48.8 Å². The number of para-hydroxylation sites is 1. The molecule has 0 amide bonds. The molecule has 9 nitrogen and oxygen atoms in total. The van der Waals surface area contributed by atoms with E-state index in [2.05, 4.69) is 55.1 Å². The number of rotatable bonds is 5.